The molecule has 142 valence electrons. The molecule has 3 rings (SSSR count). The van der Waals surface area contributed by atoms with Gasteiger partial charge < -0.3 is 5.84 Å². The van der Waals surface area contributed by atoms with Crippen LogP contribution in [0.25, 0.3) is 11.4 Å². The van der Waals surface area contributed by atoms with Gasteiger partial charge in [0.25, 0.3) is 0 Å². The quantitative estimate of drug-likeness (QED) is 0.537. The highest BCUT2D eigenvalue weighted by Crippen LogP contribution is 2.34. The molecule has 0 aliphatic heterocycles. The molecule has 3 aromatic rings. The van der Waals surface area contributed by atoms with Crippen molar-refractivity contribution in [1.29, 1.82) is 0 Å². The van der Waals surface area contributed by atoms with E-state index in [4.69, 9.17) is 5.84 Å². The van der Waals surface area contributed by atoms with Crippen molar-refractivity contribution in [2.24, 2.45) is 0 Å². The van der Waals surface area contributed by atoms with Crippen LogP contribution in [0.2, 0.25) is 0 Å². The zero-order valence-corrected chi connectivity index (χ0v) is 15.5. The molecule has 0 saturated heterocycles. The minimum Gasteiger partial charge on any atom is -0.336 e. The lowest BCUT2D eigenvalue weighted by Gasteiger charge is -2.16. The predicted octanol–water partition coefficient (Wildman–Crippen LogP) is 3.31. The van der Waals surface area contributed by atoms with Gasteiger partial charge in [-0.1, -0.05) is 20.8 Å². The van der Waals surface area contributed by atoms with Gasteiger partial charge in [-0.2, -0.15) is 13.2 Å². The number of nitrogens with two attached hydrogens (primary N) is 1. The van der Waals surface area contributed by atoms with E-state index in [2.05, 4.69) is 25.1 Å². The summed E-state index contributed by atoms with van der Waals surface area (Å²) in [5, 5.41) is 8.29. The molecule has 27 heavy (non-hydrogen) atoms. The number of aromatic nitrogens is 6. The second-order valence-electron chi connectivity index (χ2n) is 6.68. The Hall–Kier alpha value is -2.69. The first kappa shape index (κ1) is 19.1. The van der Waals surface area contributed by atoms with E-state index in [1.165, 1.54) is 29.2 Å². The van der Waals surface area contributed by atoms with E-state index in [0.29, 0.717) is 11.4 Å². The van der Waals surface area contributed by atoms with Crippen molar-refractivity contribution < 1.29 is 13.2 Å². The average molecular weight is 395 g/mol. The van der Waals surface area contributed by atoms with Crippen molar-refractivity contribution in [3.63, 3.8) is 0 Å². The minimum absolute atomic E-state index is 0.0590. The summed E-state index contributed by atoms with van der Waals surface area (Å²) in [5.74, 6) is 6.45. The highest BCUT2D eigenvalue weighted by atomic mass is 32.2. The number of halogens is 3. The van der Waals surface area contributed by atoms with Gasteiger partial charge in [-0.3, -0.25) is 4.98 Å². The molecule has 0 unspecified atom stereocenters. The number of alkyl halides is 3. The van der Waals surface area contributed by atoms with Crippen molar-refractivity contribution >= 4 is 11.8 Å². The van der Waals surface area contributed by atoms with Crippen LogP contribution in [-0.2, 0) is 11.6 Å². The lowest BCUT2D eigenvalue weighted by atomic mass is 9.96. The van der Waals surface area contributed by atoms with E-state index in [1.807, 2.05) is 20.8 Å². The monoisotopic (exact) mass is 395 g/mol. The van der Waals surface area contributed by atoms with E-state index in [1.54, 1.807) is 0 Å². The van der Waals surface area contributed by atoms with Crippen LogP contribution < -0.4 is 5.84 Å². The number of rotatable bonds is 3. The van der Waals surface area contributed by atoms with Crippen molar-refractivity contribution in [2.45, 2.75) is 42.5 Å². The molecule has 3 aromatic heterocycles. The summed E-state index contributed by atoms with van der Waals surface area (Å²) < 4.78 is 41.1. The van der Waals surface area contributed by atoms with Gasteiger partial charge in [0, 0.05) is 29.4 Å². The number of hydrogen-bond acceptors (Lipinski definition) is 7. The molecule has 0 aliphatic rings. The van der Waals surface area contributed by atoms with Crippen LogP contribution in [-0.4, -0.2) is 29.8 Å². The van der Waals surface area contributed by atoms with Crippen molar-refractivity contribution in [1.82, 2.24) is 29.8 Å². The highest BCUT2D eigenvalue weighted by molar-refractivity contribution is 7.99. The molecule has 0 bridgehead atoms. The van der Waals surface area contributed by atoms with Gasteiger partial charge in [-0.15, -0.1) is 10.2 Å². The standard InChI is InChI=1S/C16H16F3N7S/c1-15(2,3)13-24-25-14(26(13)20)27-11-8-10(16(17,18)19)22-12(23-11)9-4-6-21-7-5-9/h4-8H,20H2,1-3H3. The molecule has 0 radical (unpaired) electrons. The average Bonchev–Trinajstić information content (AvgIpc) is 2.95. The molecular formula is C16H16F3N7S. The maximum absolute atomic E-state index is 13.3. The Bertz CT molecular complexity index is 949. The normalized spacial score (nSPS) is 12.4. The van der Waals surface area contributed by atoms with Crippen LogP contribution in [0.15, 0.2) is 40.8 Å². The first-order chi connectivity index (χ1) is 12.6. The fraction of sp³-hybridized carbons (Fsp3) is 0.312. The molecule has 0 aliphatic carbocycles. The Morgan fingerprint density at radius 3 is 2.26 bits per heavy atom. The molecule has 0 spiro atoms. The SMILES string of the molecule is CC(C)(C)c1nnc(Sc2cc(C(F)(F)F)nc(-c3ccncc3)n2)n1N. The smallest absolute Gasteiger partial charge is 0.336 e. The lowest BCUT2D eigenvalue weighted by molar-refractivity contribution is -0.141. The molecule has 3 heterocycles. The van der Waals surface area contributed by atoms with Crippen LogP contribution >= 0.6 is 11.8 Å². The largest absolute Gasteiger partial charge is 0.433 e. The molecule has 0 amide bonds. The fourth-order valence-corrected chi connectivity index (χ4v) is 2.96. The summed E-state index contributed by atoms with van der Waals surface area (Å²) in [5.41, 5.74) is -1.00. The Morgan fingerprint density at radius 1 is 1.04 bits per heavy atom. The third-order valence-corrected chi connectivity index (χ3v) is 4.34. The van der Waals surface area contributed by atoms with E-state index < -0.39 is 11.9 Å². The van der Waals surface area contributed by atoms with Crippen LogP contribution in [0.4, 0.5) is 13.2 Å². The minimum atomic E-state index is -4.62. The van der Waals surface area contributed by atoms with Gasteiger partial charge in [0.2, 0.25) is 5.16 Å². The zero-order chi connectivity index (χ0) is 19.8. The van der Waals surface area contributed by atoms with Crippen molar-refractivity contribution in [3.8, 4) is 11.4 Å². The summed E-state index contributed by atoms with van der Waals surface area (Å²) in [6.07, 6.45) is -1.71. The van der Waals surface area contributed by atoms with Crippen molar-refractivity contribution in [3.05, 3.63) is 42.1 Å². The van der Waals surface area contributed by atoms with Crippen LogP contribution in [0.3, 0.4) is 0 Å². The van der Waals surface area contributed by atoms with Crippen LogP contribution in [0, 0.1) is 0 Å². The summed E-state index contributed by atoms with van der Waals surface area (Å²) in [6.45, 7) is 5.72. The van der Waals surface area contributed by atoms with E-state index in [-0.39, 0.29) is 21.4 Å². The maximum Gasteiger partial charge on any atom is 0.433 e. The molecule has 0 atom stereocenters. The first-order valence-corrected chi connectivity index (χ1v) is 8.63. The Balaban J connectivity index is 2.04. The van der Waals surface area contributed by atoms with Crippen molar-refractivity contribution in [2.75, 3.05) is 5.84 Å². The topological polar surface area (TPSA) is 95.4 Å². The lowest BCUT2D eigenvalue weighted by Crippen LogP contribution is -2.24. The van der Waals surface area contributed by atoms with Gasteiger partial charge in [0.15, 0.2) is 11.6 Å². The van der Waals surface area contributed by atoms with Gasteiger partial charge in [0.1, 0.15) is 10.7 Å². The summed E-state index contributed by atoms with van der Waals surface area (Å²) in [7, 11) is 0. The van der Waals surface area contributed by atoms with Gasteiger partial charge >= 0.3 is 6.18 Å². The summed E-state index contributed by atoms with van der Waals surface area (Å²) >= 11 is 0.888. The number of nitrogens with zero attached hydrogens (tertiary/aromatic N) is 6. The van der Waals surface area contributed by atoms with E-state index in [0.717, 1.165) is 17.8 Å². The Morgan fingerprint density at radius 2 is 1.70 bits per heavy atom. The van der Waals surface area contributed by atoms with Gasteiger partial charge in [0.05, 0.1) is 0 Å². The molecular weight excluding hydrogens is 379 g/mol. The van der Waals surface area contributed by atoms with Crippen LogP contribution in [0.5, 0.6) is 0 Å². The first-order valence-electron chi connectivity index (χ1n) is 7.81. The third kappa shape index (κ3) is 4.18. The number of nitrogen functional groups attached to an aromatic ring is 1. The molecule has 0 saturated carbocycles. The fourth-order valence-electron chi connectivity index (χ4n) is 2.20. The number of pyridine rings is 1. The molecule has 0 fully saturated rings. The second kappa shape index (κ2) is 6.80. The summed E-state index contributed by atoms with van der Waals surface area (Å²) in [4.78, 5) is 11.7. The molecule has 0 aromatic carbocycles. The van der Waals surface area contributed by atoms with Gasteiger partial charge in [-0.05, 0) is 23.9 Å². The summed E-state index contributed by atoms with van der Waals surface area (Å²) in [6, 6.07) is 3.93. The van der Waals surface area contributed by atoms with E-state index in [9.17, 15) is 13.2 Å². The maximum atomic E-state index is 13.3. The van der Waals surface area contributed by atoms with Gasteiger partial charge in [-0.25, -0.2) is 14.6 Å². The van der Waals surface area contributed by atoms with E-state index >= 15 is 0 Å². The number of hydrogen-bond donors (Lipinski definition) is 1. The zero-order valence-electron chi connectivity index (χ0n) is 14.7. The molecule has 11 heteroatoms. The molecule has 2 N–H and O–H groups in total. The second-order valence-corrected chi connectivity index (χ2v) is 7.66. The van der Waals surface area contributed by atoms with Crippen LogP contribution in [0.1, 0.15) is 32.3 Å². The highest BCUT2D eigenvalue weighted by Gasteiger charge is 2.34. The Kier molecular flexibility index (Phi) is 4.81. The Labute approximate surface area is 157 Å². The predicted molar refractivity (Wildman–Crippen MR) is 93.3 cm³/mol. The molecule has 7 nitrogen and oxygen atoms in total. The third-order valence-electron chi connectivity index (χ3n) is 3.46.